The van der Waals surface area contributed by atoms with Crippen molar-refractivity contribution in [1.82, 2.24) is 4.90 Å². The fourth-order valence-electron chi connectivity index (χ4n) is 2.66. The number of carbonyl (C=O) groups excluding carboxylic acids is 1. The van der Waals surface area contributed by atoms with E-state index in [-0.39, 0.29) is 17.2 Å². The van der Waals surface area contributed by atoms with Gasteiger partial charge in [0, 0.05) is 19.2 Å². The standard InChI is InChI=1S/C17H16FNO2/c18-16-9-14(20)6-7-15(16)17(21)19-10-13(11-19)8-12-4-2-1-3-5-12/h1-7,9,13,20H,8,10-11H2. The van der Waals surface area contributed by atoms with E-state index in [4.69, 9.17) is 0 Å². The Balaban J connectivity index is 1.59. The van der Waals surface area contributed by atoms with Gasteiger partial charge in [0.05, 0.1) is 5.56 Å². The van der Waals surface area contributed by atoms with Crippen molar-refractivity contribution in [1.29, 1.82) is 0 Å². The third-order valence-electron chi connectivity index (χ3n) is 3.79. The van der Waals surface area contributed by atoms with Crippen molar-refractivity contribution in [2.75, 3.05) is 13.1 Å². The molecule has 1 amide bonds. The van der Waals surface area contributed by atoms with Crippen molar-refractivity contribution in [3.05, 3.63) is 65.5 Å². The van der Waals surface area contributed by atoms with Crippen LogP contribution in [-0.2, 0) is 6.42 Å². The molecule has 0 atom stereocenters. The Kier molecular flexibility index (Phi) is 3.60. The van der Waals surface area contributed by atoms with Gasteiger partial charge >= 0.3 is 0 Å². The summed E-state index contributed by atoms with van der Waals surface area (Å²) in [7, 11) is 0. The molecule has 1 fully saturated rings. The van der Waals surface area contributed by atoms with Crippen LogP contribution >= 0.6 is 0 Å². The molecule has 1 saturated heterocycles. The van der Waals surface area contributed by atoms with Gasteiger partial charge in [0.25, 0.3) is 5.91 Å². The van der Waals surface area contributed by atoms with E-state index in [1.807, 2.05) is 18.2 Å². The lowest BCUT2D eigenvalue weighted by molar-refractivity contribution is 0.0496. The Hall–Kier alpha value is -2.36. The predicted molar refractivity (Wildman–Crippen MR) is 77.6 cm³/mol. The lowest BCUT2D eigenvalue weighted by atomic mass is 9.91. The van der Waals surface area contributed by atoms with E-state index in [1.165, 1.54) is 17.7 Å². The quantitative estimate of drug-likeness (QED) is 0.942. The van der Waals surface area contributed by atoms with Crippen LogP contribution in [0, 0.1) is 11.7 Å². The Labute approximate surface area is 122 Å². The number of hydrogen-bond donors (Lipinski definition) is 1. The summed E-state index contributed by atoms with van der Waals surface area (Å²) in [4.78, 5) is 13.8. The van der Waals surface area contributed by atoms with Crippen LogP contribution in [0.15, 0.2) is 48.5 Å². The maximum Gasteiger partial charge on any atom is 0.256 e. The Morgan fingerprint density at radius 1 is 1.19 bits per heavy atom. The zero-order chi connectivity index (χ0) is 14.8. The molecular formula is C17H16FNO2. The second-order valence-corrected chi connectivity index (χ2v) is 5.43. The van der Waals surface area contributed by atoms with E-state index in [0.29, 0.717) is 19.0 Å². The molecule has 1 aliphatic rings. The van der Waals surface area contributed by atoms with Crippen LogP contribution in [0.1, 0.15) is 15.9 Å². The van der Waals surface area contributed by atoms with Crippen molar-refractivity contribution >= 4 is 5.91 Å². The molecule has 0 aliphatic carbocycles. The summed E-state index contributed by atoms with van der Waals surface area (Å²) >= 11 is 0. The first-order valence-corrected chi connectivity index (χ1v) is 6.95. The number of hydrogen-bond acceptors (Lipinski definition) is 2. The van der Waals surface area contributed by atoms with E-state index in [2.05, 4.69) is 12.1 Å². The third kappa shape index (κ3) is 2.89. The Morgan fingerprint density at radius 2 is 1.90 bits per heavy atom. The molecule has 2 aromatic rings. The molecule has 1 N–H and O–H groups in total. The van der Waals surface area contributed by atoms with Gasteiger partial charge in [-0.1, -0.05) is 30.3 Å². The number of benzene rings is 2. The summed E-state index contributed by atoms with van der Waals surface area (Å²) in [5.74, 6) is -0.727. The highest BCUT2D eigenvalue weighted by Gasteiger charge is 2.32. The van der Waals surface area contributed by atoms with Crippen LogP contribution < -0.4 is 0 Å². The lowest BCUT2D eigenvalue weighted by Crippen LogP contribution is -2.50. The molecule has 108 valence electrons. The molecule has 0 bridgehead atoms. The lowest BCUT2D eigenvalue weighted by Gasteiger charge is -2.39. The maximum absolute atomic E-state index is 13.7. The molecule has 0 unspecified atom stereocenters. The number of aromatic hydroxyl groups is 1. The minimum Gasteiger partial charge on any atom is -0.508 e. The van der Waals surface area contributed by atoms with Crippen molar-refractivity contribution in [2.24, 2.45) is 5.92 Å². The number of phenols is 1. The summed E-state index contributed by atoms with van der Waals surface area (Å²) in [6.07, 6.45) is 0.933. The molecule has 21 heavy (non-hydrogen) atoms. The number of amides is 1. The van der Waals surface area contributed by atoms with Gasteiger partial charge in [-0.25, -0.2) is 4.39 Å². The van der Waals surface area contributed by atoms with E-state index >= 15 is 0 Å². The van der Waals surface area contributed by atoms with E-state index < -0.39 is 5.82 Å². The normalized spacial score (nSPS) is 14.8. The van der Waals surface area contributed by atoms with Gasteiger partial charge in [-0.2, -0.15) is 0 Å². The highest BCUT2D eigenvalue weighted by atomic mass is 19.1. The smallest absolute Gasteiger partial charge is 0.256 e. The highest BCUT2D eigenvalue weighted by molar-refractivity contribution is 5.95. The fourth-order valence-corrected chi connectivity index (χ4v) is 2.66. The van der Waals surface area contributed by atoms with Crippen molar-refractivity contribution in [3.8, 4) is 5.75 Å². The molecule has 0 saturated carbocycles. The monoisotopic (exact) mass is 285 g/mol. The minimum atomic E-state index is -0.675. The van der Waals surface area contributed by atoms with Crippen LogP contribution in [-0.4, -0.2) is 29.0 Å². The van der Waals surface area contributed by atoms with Gasteiger partial charge in [-0.3, -0.25) is 4.79 Å². The third-order valence-corrected chi connectivity index (χ3v) is 3.79. The number of nitrogens with zero attached hydrogens (tertiary/aromatic N) is 1. The Bertz CT molecular complexity index is 651. The van der Waals surface area contributed by atoms with Crippen LogP contribution in [0.4, 0.5) is 4.39 Å². The number of likely N-dealkylation sites (tertiary alicyclic amines) is 1. The molecule has 3 nitrogen and oxygen atoms in total. The average molecular weight is 285 g/mol. The molecule has 0 aromatic heterocycles. The van der Waals surface area contributed by atoms with Gasteiger partial charge < -0.3 is 10.0 Å². The van der Waals surface area contributed by atoms with E-state index in [1.54, 1.807) is 4.90 Å². The second-order valence-electron chi connectivity index (χ2n) is 5.43. The molecule has 1 aliphatic heterocycles. The zero-order valence-electron chi connectivity index (χ0n) is 11.5. The number of carbonyl (C=O) groups is 1. The molecule has 0 spiro atoms. The van der Waals surface area contributed by atoms with Gasteiger partial charge in [0.1, 0.15) is 11.6 Å². The first kappa shape index (κ1) is 13.6. The highest BCUT2D eigenvalue weighted by Crippen LogP contribution is 2.24. The summed E-state index contributed by atoms with van der Waals surface area (Å²) in [6, 6.07) is 13.8. The first-order chi connectivity index (χ1) is 10.1. The number of rotatable bonds is 3. The number of halogens is 1. The van der Waals surface area contributed by atoms with Crippen LogP contribution in [0.2, 0.25) is 0 Å². The second kappa shape index (κ2) is 5.56. The SMILES string of the molecule is O=C(c1ccc(O)cc1F)N1CC(Cc2ccccc2)C1. The maximum atomic E-state index is 13.7. The van der Waals surface area contributed by atoms with Gasteiger partial charge in [0.2, 0.25) is 0 Å². The molecule has 0 radical (unpaired) electrons. The topological polar surface area (TPSA) is 40.5 Å². The van der Waals surface area contributed by atoms with E-state index in [9.17, 15) is 14.3 Å². The molecule has 1 heterocycles. The molecular weight excluding hydrogens is 269 g/mol. The van der Waals surface area contributed by atoms with Crippen LogP contribution in [0.5, 0.6) is 5.75 Å². The van der Waals surface area contributed by atoms with Gasteiger partial charge in [-0.05, 0) is 30.0 Å². The van der Waals surface area contributed by atoms with E-state index in [0.717, 1.165) is 12.5 Å². The molecule has 4 heteroatoms. The van der Waals surface area contributed by atoms with Crippen molar-refractivity contribution in [3.63, 3.8) is 0 Å². The molecule has 2 aromatic carbocycles. The number of phenolic OH excluding ortho intramolecular Hbond substituents is 1. The summed E-state index contributed by atoms with van der Waals surface area (Å²) < 4.78 is 13.7. The Morgan fingerprint density at radius 3 is 2.57 bits per heavy atom. The fraction of sp³-hybridized carbons (Fsp3) is 0.235. The van der Waals surface area contributed by atoms with Gasteiger partial charge in [-0.15, -0.1) is 0 Å². The average Bonchev–Trinajstić information content (AvgIpc) is 2.43. The van der Waals surface area contributed by atoms with Crippen LogP contribution in [0.25, 0.3) is 0 Å². The summed E-state index contributed by atoms with van der Waals surface area (Å²) in [6.45, 7) is 1.29. The predicted octanol–water partition coefficient (Wildman–Crippen LogP) is 2.85. The zero-order valence-corrected chi connectivity index (χ0v) is 11.5. The van der Waals surface area contributed by atoms with Crippen molar-refractivity contribution in [2.45, 2.75) is 6.42 Å². The minimum absolute atomic E-state index is 0.0194. The summed E-state index contributed by atoms with van der Waals surface area (Å²) in [5.41, 5.74) is 1.27. The first-order valence-electron chi connectivity index (χ1n) is 6.95. The molecule has 3 rings (SSSR count). The summed E-state index contributed by atoms with van der Waals surface area (Å²) in [5, 5.41) is 9.17. The van der Waals surface area contributed by atoms with Gasteiger partial charge in [0.15, 0.2) is 0 Å². The van der Waals surface area contributed by atoms with Crippen molar-refractivity contribution < 1.29 is 14.3 Å². The largest absolute Gasteiger partial charge is 0.508 e. The van der Waals surface area contributed by atoms with Crippen LogP contribution in [0.3, 0.4) is 0 Å².